The van der Waals surface area contributed by atoms with Crippen molar-refractivity contribution in [2.75, 3.05) is 6.61 Å². The van der Waals surface area contributed by atoms with Crippen molar-refractivity contribution in [3.8, 4) is 0 Å². The first kappa shape index (κ1) is 21.6. The van der Waals surface area contributed by atoms with E-state index in [0.717, 1.165) is 10.4 Å². The molecule has 0 saturated carbocycles. The van der Waals surface area contributed by atoms with Gasteiger partial charge >= 0.3 is 6.09 Å². The number of rotatable bonds is 7. The van der Waals surface area contributed by atoms with E-state index in [-0.39, 0.29) is 17.7 Å². The fraction of sp³-hybridized carbons (Fsp3) is 0.435. The molecule has 2 aromatic carbocycles. The van der Waals surface area contributed by atoms with Crippen LogP contribution in [0.15, 0.2) is 60.7 Å². The quantitative estimate of drug-likeness (QED) is 0.685. The minimum absolute atomic E-state index is 0.123. The maximum atomic E-state index is 11.7. The van der Waals surface area contributed by atoms with Gasteiger partial charge in [-0.1, -0.05) is 88.4 Å². The van der Waals surface area contributed by atoms with E-state index in [1.165, 1.54) is 0 Å². The van der Waals surface area contributed by atoms with Gasteiger partial charge in [0.05, 0.1) is 18.8 Å². The molecule has 0 unspecified atom stereocenters. The van der Waals surface area contributed by atoms with Crippen LogP contribution in [0.5, 0.6) is 0 Å². The van der Waals surface area contributed by atoms with Crippen LogP contribution in [0.1, 0.15) is 34.1 Å². The molecule has 2 N–H and O–H groups in total. The summed E-state index contributed by atoms with van der Waals surface area (Å²) in [5.74, 6) is 0. The topological polar surface area (TPSA) is 67.8 Å². The zero-order valence-electron chi connectivity index (χ0n) is 17.6. The highest BCUT2D eigenvalue weighted by Crippen LogP contribution is 2.37. The SMILES string of the molecule is CC[C@H]1OC(=O)N[C@@H]1[C@H](O)CO[Si](c1ccccc1)(c1ccccc1)C(C)(C)C. The molecular weight excluding hydrogens is 382 g/mol. The summed E-state index contributed by atoms with van der Waals surface area (Å²) >= 11 is 0. The summed E-state index contributed by atoms with van der Waals surface area (Å²) in [6.45, 7) is 8.65. The Labute approximate surface area is 174 Å². The molecule has 0 bridgehead atoms. The number of benzene rings is 2. The van der Waals surface area contributed by atoms with Crippen LogP contribution in [0.3, 0.4) is 0 Å². The Bertz CT molecular complexity index is 767. The smallest absolute Gasteiger partial charge is 0.407 e. The molecule has 1 saturated heterocycles. The fourth-order valence-electron chi connectivity index (χ4n) is 4.23. The molecule has 6 heteroatoms. The first-order valence-corrected chi connectivity index (χ1v) is 12.1. The first-order valence-electron chi connectivity index (χ1n) is 10.2. The molecule has 1 amide bonds. The Morgan fingerprint density at radius 2 is 1.59 bits per heavy atom. The molecule has 1 aliphatic heterocycles. The van der Waals surface area contributed by atoms with Crippen LogP contribution >= 0.6 is 0 Å². The van der Waals surface area contributed by atoms with E-state index in [2.05, 4.69) is 50.4 Å². The number of hydrogen-bond donors (Lipinski definition) is 2. The Hall–Kier alpha value is -2.15. The number of cyclic esters (lactones) is 1. The summed E-state index contributed by atoms with van der Waals surface area (Å²) in [6, 6.07) is 20.1. The Kier molecular flexibility index (Phi) is 6.46. The van der Waals surface area contributed by atoms with Crippen molar-refractivity contribution in [2.24, 2.45) is 0 Å². The number of aliphatic hydroxyl groups is 1. The summed E-state index contributed by atoms with van der Waals surface area (Å²) in [7, 11) is -2.73. The van der Waals surface area contributed by atoms with Crippen LogP contribution < -0.4 is 15.7 Å². The van der Waals surface area contributed by atoms with Gasteiger partial charge in [-0.3, -0.25) is 0 Å². The van der Waals surface area contributed by atoms with E-state index >= 15 is 0 Å². The van der Waals surface area contributed by atoms with Gasteiger partial charge < -0.3 is 19.6 Å². The predicted molar refractivity (Wildman–Crippen MR) is 117 cm³/mol. The van der Waals surface area contributed by atoms with Gasteiger partial charge in [0.1, 0.15) is 6.10 Å². The van der Waals surface area contributed by atoms with Gasteiger partial charge in [0, 0.05) is 0 Å². The average molecular weight is 414 g/mol. The van der Waals surface area contributed by atoms with Crippen LogP contribution in [-0.2, 0) is 9.16 Å². The van der Waals surface area contributed by atoms with Crippen LogP contribution in [0, 0.1) is 0 Å². The lowest BCUT2D eigenvalue weighted by Gasteiger charge is -2.43. The van der Waals surface area contributed by atoms with Crippen LogP contribution in [-0.4, -0.2) is 44.4 Å². The number of nitrogens with one attached hydrogen (secondary N) is 1. The monoisotopic (exact) mass is 413 g/mol. The molecule has 156 valence electrons. The second-order valence-electron chi connectivity index (χ2n) is 8.56. The minimum atomic E-state index is -2.73. The van der Waals surface area contributed by atoms with E-state index in [4.69, 9.17) is 9.16 Å². The molecule has 0 radical (unpaired) electrons. The number of carbonyl (C=O) groups excluding carboxylic acids is 1. The average Bonchev–Trinajstić information content (AvgIpc) is 3.10. The van der Waals surface area contributed by atoms with E-state index < -0.39 is 26.6 Å². The molecule has 0 aromatic heterocycles. The summed E-state index contributed by atoms with van der Waals surface area (Å²) in [5, 5.41) is 15.8. The molecule has 1 aliphatic rings. The van der Waals surface area contributed by atoms with Gasteiger partial charge in [-0.2, -0.15) is 0 Å². The Morgan fingerprint density at radius 3 is 2.03 bits per heavy atom. The van der Waals surface area contributed by atoms with Crippen molar-refractivity contribution in [2.45, 2.75) is 57.4 Å². The van der Waals surface area contributed by atoms with Crippen molar-refractivity contribution in [3.63, 3.8) is 0 Å². The number of carbonyl (C=O) groups is 1. The molecule has 3 rings (SSSR count). The lowest BCUT2D eigenvalue weighted by atomic mass is 10.0. The number of aliphatic hydroxyl groups excluding tert-OH is 1. The molecular formula is C23H31NO4Si. The van der Waals surface area contributed by atoms with Gasteiger partial charge in [0.2, 0.25) is 0 Å². The summed E-state index contributed by atoms with van der Waals surface area (Å²) in [6.07, 6.45) is -1.04. The van der Waals surface area contributed by atoms with Gasteiger partial charge in [-0.05, 0) is 21.8 Å². The van der Waals surface area contributed by atoms with Gasteiger partial charge in [-0.25, -0.2) is 4.79 Å². The first-order chi connectivity index (χ1) is 13.8. The summed E-state index contributed by atoms with van der Waals surface area (Å²) in [5.41, 5.74) is 0. The number of ether oxygens (including phenoxy) is 1. The minimum Gasteiger partial charge on any atom is -0.444 e. The van der Waals surface area contributed by atoms with Crippen molar-refractivity contribution >= 4 is 24.8 Å². The Balaban J connectivity index is 1.97. The maximum Gasteiger partial charge on any atom is 0.407 e. The highest BCUT2D eigenvalue weighted by Gasteiger charge is 2.51. The number of alkyl carbamates (subject to hydrolysis) is 1. The summed E-state index contributed by atoms with van der Waals surface area (Å²) < 4.78 is 12.0. The maximum absolute atomic E-state index is 11.7. The third-order valence-electron chi connectivity index (χ3n) is 5.65. The third-order valence-corrected chi connectivity index (χ3v) is 10.7. The van der Waals surface area contributed by atoms with E-state index in [9.17, 15) is 9.90 Å². The van der Waals surface area contributed by atoms with Gasteiger partial charge in [-0.15, -0.1) is 0 Å². The van der Waals surface area contributed by atoms with Crippen molar-refractivity contribution in [1.82, 2.24) is 5.32 Å². The molecule has 1 fully saturated rings. The molecule has 3 atom stereocenters. The molecule has 29 heavy (non-hydrogen) atoms. The predicted octanol–water partition coefficient (Wildman–Crippen LogP) is 2.81. The standard InChI is InChI=1S/C23H31NO4Si/c1-5-20-21(24-22(26)28-20)19(25)16-27-29(23(2,3)4,17-12-8-6-9-13-17)18-14-10-7-11-15-18/h6-15,19-21,25H,5,16H2,1-4H3,(H,24,26)/t19-,20-,21-/m1/s1. The van der Waals surface area contributed by atoms with Crippen LogP contribution in [0.25, 0.3) is 0 Å². The molecule has 0 aliphatic carbocycles. The molecule has 1 heterocycles. The number of hydrogen-bond acceptors (Lipinski definition) is 4. The second kappa shape index (κ2) is 8.69. The van der Waals surface area contributed by atoms with Crippen molar-refractivity contribution < 1.29 is 19.1 Å². The van der Waals surface area contributed by atoms with Gasteiger partial charge in [0.15, 0.2) is 0 Å². The van der Waals surface area contributed by atoms with E-state index in [0.29, 0.717) is 6.42 Å². The second-order valence-corrected chi connectivity index (χ2v) is 12.9. The van der Waals surface area contributed by atoms with E-state index in [1.54, 1.807) is 0 Å². The highest BCUT2D eigenvalue weighted by atomic mass is 28.4. The normalized spacial score (nSPS) is 20.8. The van der Waals surface area contributed by atoms with Crippen LogP contribution in [0.4, 0.5) is 4.79 Å². The fourth-order valence-corrected chi connectivity index (χ4v) is 8.81. The van der Waals surface area contributed by atoms with Crippen LogP contribution in [0.2, 0.25) is 5.04 Å². The Morgan fingerprint density at radius 1 is 1.07 bits per heavy atom. The largest absolute Gasteiger partial charge is 0.444 e. The molecule has 5 nitrogen and oxygen atoms in total. The van der Waals surface area contributed by atoms with Crippen molar-refractivity contribution in [3.05, 3.63) is 60.7 Å². The third kappa shape index (κ3) is 4.24. The lowest BCUT2D eigenvalue weighted by Crippen LogP contribution is -2.67. The molecule has 0 spiro atoms. The van der Waals surface area contributed by atoms with Gasteiger partial charge in [0.25, 0.3) is 8.32 Å². The van der Waals surface area contributed by atoms with Crippen molar-refractivity contribution in [1.29, 1.82) is 0 Å². The van der Waals surface area contributed by atoms with E-state index in [1.807, 2.05) is 43.3 Å². The molecule has 2 aromatic rings. The highest BCUT2D eigenvalue weighted by molar-refractivity contribution is 6.99. The summed E-state index contributed by atoms with van der Waals surface area (Å²) in [4.78, 5) is 11.7. The lowest BCUT2D eigenvalue weighted by molar-refractivity contribution is 0.0425. The number of amides is 1. The zero-order valence-corrected chi connectivity index (χ0v) is 18.6. The zero-order chi connectivity index (χ0) is 21.1.